The van der Waals surface area contributed by atoms with Gasteiger partial charge in [0.15, 0.2) is 0 Å². The van der Waals surface area contributed by atoms with E-state index in [1.54, 1.807) is 0 Å². The maximum Gasteiger partial charge on any atom is 0.125 e. The molecule has 0 aromatic heterocycles. The van der Waals surface area contributed by atoms with Crippen LogP contribution in [0.4, 0.5) is 10.1 Å². The first-order valence-corrected chi connectivity index (χ1v) is 6.62. The molecule has 0 amide bonds. The highest BCUT2D eigenvalue weighted by Crippen LogP contribution is 2.26. The van der Waals surface area contributed by atoms with Crippen LogP contribution in [0, 0.1) is 30.0 Å². The summed E-state index contributed by atoms with van der Waals surface area (Å²) >= 11 is 0. The Morgan fingerprint density at radius 3 is 2.72 bits per heavy atom. The van der Waals surface area contributed by atoms with Gasteiger partial charge in [0.2, 0.25) is 0 Å². The molecule has 18 heavy (non-hydrogen) atoms. The Morgan fingerprint density at radius 2 is 2.00 bits per heavy atom. The highest BCUT2D eigenvalue weighted by molar-refractivity contribution is 5.47. The Balaban J connectivity index is 2.13. The number of nitrogens with one attached hydrogen (secondary N) is 1. The van der Waals surface area contributed by atoms with Crippen molar-refractivity contribution in [2.24, 2.45) is 5.92 Å². The Morgan fingerprint density at radius 1 is 1.22 bits per heavy atom. The van der Waals surface area contributed by atoms with Crippen LogP contribution in [0.3, 0.4) is 0 Å². The average molecular weight is 246 g/mol. The average Bonchev–Trinajstić information content (AvgIpc) is 2.52. The fraction of sp³-hybridized carbons (Fsp3) is 0.533. The molecule has 2 rings (SSSR count). The third-order valence-electron chi connectivity index (χ3n) is 3.58. The number of hydrogen-bond acceptors (Lipinski definition) is 2. The molecule has 0 heterocycles. The highest BCUT2D eigenvalue weighted by atomic mass is 19.1. The van der Waals surface area contributed by atoms with Gasteiger partial charge in [0.25, 0.3) is 0 Å². The zero-order chi connectivity index (χ0) is 13.0. The van der Waals surface area contributed by atoms with E-state index in [9.17, 15) is 9.65 Å². The molecule has 2 nitrogen and oxygen atoms in total. The first-order chi connectivity index (χ1) is 8.69. The van der Waals surface area contributed by atoms with Gasteiger partial charge < -0.3 is 5.32 Å². The van der Waals surface area contributed by atoms with Crippen LogP contribution in [-0.4, -0.2) is 6.04 Å². The third kappa shape index (κ3) is 3.22. The zero-order valence-corrected chi connectivity index (χ0v) is 10.7. The van der Waals surface area contributed by atoms with E-state index in [0.717, 1.165) is 36.9 Å². The van der Waals surface area contributed by atoms with E-state index >= 15 is 0 Å². The van der Waals surface area contributed by atoms with E-state index in [1.807, 2.05) is 13.0 Å². The van der Waals surface area contributed by atoms with Gasteiger partial charge >= 0.3 is 0 Å². The van der Waals surface area contributed by atoms with Gasteiger partial charge in [-0.3, -0.25) is 0 Å². The molecule has 1 aromatic carbocycles. The first kappa shape index (κ1) is 12.9. The summed E-state index contributed by atoms with van der Waals surface area (Å²) in [7, 11) is 0. The van der Waals surface area contributed by atoms with E-state index in [1.165, 1.54) is 18.6 Å². The molecule has 0 aliphatic heterocycles. The molecule has 1 saturated carbocycles. The molecule has 0 bridgehead atoms. The van der Waals surface area contributed by atoms with E-state index in [-0.39, 0.29) is 17.8 Å². The number of benzene rings is 1. The predicted octanol–water partition coefficient (Wildman–Crippen LogP) is 4.02. The lowest BCUT2D eigenvalue weighted by Crippen LogP contribution is -2.27. The summed E-state index contributed by atoms with van der Waals surface area (Å²) < 4.78 is 13.3. The number of rotatable bonds is 2. The lowest BCUT2D eigenvalue weighted by molar-refractivity contribution is 0.513. The second kappa shape index (κ2) is 5.86. The number of nitriles is 1. The Hall–Kier alpha value is -1.56. The van der Waals surface area contributed by atoms with E-state index in [2.05, 4.69) is 11.4 Å². The van der Waals surface area contributed by atoms with Gasteiger partial charge in [0.05, 0.1) is 12.0 Å². The number of halogens is 1. The summed E-state index contributed by atoms with van der Waals surface area (Å²) in [4.78, 5) is 0. The van der Waals surface area contributed by atoms with Crippen molar-refractivity contribution in [2.75, 3.05) is 5.32 Å². The topological polar surface area (TPSA) is 35.8 Å². The second-order valence-corrected chi connectivity index (χ2v) is 5.14. The monoisotopic (exact) mass is 246 g/mol. The van der Waals surface area contributed by atoms with Crippen LogP contribution >= 0.6 is 0 Å². The van der Waals surface area contributed by atoms with Crippen molar-refractivity contribution >= 4 is 5.69 Å². The molecule has 2 unspecified atom stereocenters. The lowest BCUT2D eigenvalue weighted by atomic mass is 9.96. The Kier molecular flexibility index (Phi) is 4.19. The van der Waals surface area contributed by atoms with Crippen molar-refractivity contribution in [3.8, 4) is 6.07 Å². The first-order valence-electron chi connectivity index (χ1n) is 6.62. The van der Waals surface area contributed by atoms with E-state index in [0.29, 0.717) is 0 Å². The molecule has 1 fully saturated rings. The molecule has 0 spiro atoms. The van der Waals surface area contributed by atoms with Gasteiger partial charge in [-0.2, -0.15) is 5.26 Å². The number of aryl methyl sites for hydroxylation is 1. The minimum absolute atomic E-state index is 0.0380. The molecule has 0 radical (unpaired) electrons. The SMILES string of the molecule is Cc1cc(F)cc(NC2CCCCCC2C#N)c1. The Labute approximate surface area is 108 Å². The fourth-order valence-electron chi connectivity index (χ4n) is 2.67. The summed E-state index contributed by atoms with van der Waals surface area (Å²) in [5.41, 5.74) is 1.69. The van der Waals surface area contributed by atoms with Crippen molar-refractivity contribution in [3.05, 3.63) is 29.6 Å². The summed E-state index contributed by atoms with van der Waals surface area (Å²) in [5, 5.41) is 12.6. The van der Waals surface area contributed by atoms with Crippen LogP contribution in [0.25, 0.3) is 0 Å². The van der Waals surface area contributed by atoms with Crippen LogP contribution in [-0.2, 0) is 0 Å². The van der Waals surface area contributed by atoms with E-state index in [4.69, 9.17) is 0 Å². The molecular weight excluding hydrogens is 227 g/mol. The molecular formula is C15H19FN2. The maximum absolute atomic E-state index is 13.3. The third-order valence-corrected chi connectivity index (χ3v) is 3.58. The van der Waals surface area contributed by atoms with Gasteiger partial charge in [-0.1, -0.05) is 19.3 Å². The van der Waals surface area contributed by atoms with Crippen molar-refractivity contribution < 1.29 is 4.39 Å². The van der Waals surface area contributed by atoms with Crippen LogP contribution in [0.2, 0.25) is 0 Å². The maximum atomic E-state index is 13.3. The molecule has 1 N–H and O–H groups in total. The number of anilines is 1. The number of nitrogens with zero attached hydrogens (tertiary/aromatic N) is 1. The van der Waals surface area contributed by atoms with Crippen molar-refractivity contribution in [1.82, 2.24) is 0 Å². The van der Waals surface area contributed by atoms with Crippen LogP contribution in [0.5, 0.6) is 0 Å². The summed E-state index contributed by atoms with van der Waals surface area (Å²) in [6, 6.07) is 7.49. The minimum Gasteiger partial charge on any atom is -0.381 e. The molecule has 96 valence electrons. The predicted molar refractivity (Wildman–Crippen MR) is 70.7 cm³/mol. The van der Waals surface area contributed by atoms with Gasteiger partial charge in [-0.15, -0.1) is 0 Å². The molecule has 1 aliphatic carbocycles. The van der Waals surface area contributed by atoms with Crippen LogP contribution in [0.1, 0.15) is 37.7 Å². The summed E-state index contributed by atoms with van der Waals surface area (Å²) in [5.74, 6) is -0.185. The molecule has 1 aliphatic rings. The van der Waals surface area contributed by atoms with Crippen LogP contribution in [0.15, 0.2) is 18.2 Å². The largest absolute Gasteiger partial charge is 0.381 e. The molecule has 1 aromatic rings. The number of hydrogen-bond donors (Lipinski definition) is 1. The smallest absolute Gasteiger partial charge is 0.125 e. The second-order valence-electron chi connectivity index (χ2n) is 5.14. The van der Waals surface area contributed by atoms with E-state index < -0.39 is 0 Å². The van der Waals surface area contributed by atoms with Gasteiger partial charge in [0, 0.05) is 11.7 Å². The van der Waals surface area contributed by atoms with Crippen molar-refractivity contribution in [1.29, 1.82) is 5.26 Å². The normalized spacial score (nSPS) is 24.1. The van der Waals surface area contributed by atoms with Gasteiger partial charge in [-0.05, 0) is 43.5 Å². The van der Waals surface area contributed by atoms with Crippen molar-refractivity contribution in [2.45, 2.75) is 45.1 Å². The zero-order valence-electron chi connectivity index (χ0n) is 10.7. The lowest BCUT2D eigenvalue weighted by Gasteiger charge is -2.22. The Bertz CT molecular complexity index is 430. The molecule has 2 atom stereocenters. The van der Waals surface area contributed by atoms with Crippen LogP contribution < -0.4 is 5.32 Å². The standard InChI is InChI=1S/C15H19FN2/c1-11-7-13(16)9-14(8-11)18-15-6-4-2-3-5-12(15)10-17/h7-9,12,15,18H,2-6H2,1H3. The highest BCUT2D eigenvalue weighted by Gasteiger charge is 2.23. The van der Waals surface area contributed by atoms with Gasteiger partial charge in [0.1, 0.15) is 5.82 Å². The summed E-state index contributed by atoms with van der Waals surface area (Å²) in [6.07, 6.45) is 5.40. The van der Waals surface area contributed by atoms with Gasteiger partial charge in [-0.25, -0.2) is 4.39 Å². The molecule has 0 saturated heterocycles. The van der Waals surface area contributed by atoms with Crippen molar-refractivity contribution in [3.63, 3.8) is 0 Å². The minimum atomic E-state index is -0.223. The quantitative estimate of drug-likeness (QED) is 0.800. The molecule has 3 heteroatoms. The fourth-order valence-corrected chi connectivity index (χ4v) is 2.67. The summed E-state index contributed by atoms with van der Waals surface area (Å²) in [6.45, 7) is 1.88.